The van der Waals surface area contributed by atoms with Gasteiger partial charge in [-0.15, -0.1) is 0 Å². The van der Waals surface area contributed by atoms with Crippen LogP contribution in [0.1, 0.15) is 38.7 Å². The molecule has 0 spiro atoms. The van der Waals surface area contributed by atoms with Gasteiger partial charge < -0.3 is 15.0 Å². The third-order valence-electron chi connectivity index (χ3n) is 5.64. The number of likely N-dealkylation sites (N-methyl/N-ethyl adjacent to an activating group) is 1. The molecule has 1 N–H and O–H groups in total. The Hall–Kier alpha value is -2.49. The van der Waals surface area contributed by atoms with Gasteiger partial charge in [-0.3, -0.25) is 13.9 Å². The summed E-state index contributed by atoms with van der Waals surface area (Å²) in [7, 11) is -2.06. The van der Waals surface area contributed by atoms with Crippen molar-refractivity contribution in [2.45, 2.75) is 45.7 Å². The molecule has 8 nitrogen and oxygen atoms in total. The summed E-state index contributed by atoms with van der Waals surface area (Å²) in [6.45, 7) is 4.20. The van der Waals surface area contributed by atoms with Gasteiger partial charge in [0, 0.05) is 41.7 Å². The van der Waals surface area contributed by atoms with Gasteiger partial charge in [-0.05, 0) is 56.2 Å². The number of ether oxygens (including phenoxy) is 1. The summed E-state index contributed by atoms with van der Waals surface area (Å²) in [6, 6.07) is 11.0. The summed E-state index contributed by atoms with van der Waals surface area (Å²) in [5.74, 6) is 0.0343. The summed E-state index contributed by atoms with van der Waals surface area (Å²) >= 11 is 12.7. The molecule has 2 aromatic rings. The van der Waals surface area contributed by atoms with Crippen LogP contribution >= 0.6 is 23.2 Å². The van der Waals surface area contributed by atoms with Crippen LogP contribution < -0.4 is 14.4 Å². The fourth-order valence-electron chi connectivity index (χ4n) is 3.82. The van der Waals surface area contributed by atoms with Crippen LogP contribution in [-0.2, 0) is 26.2 Å². The van der Waals surface area contributed by atoms with Gasteiger partial charge in [0.1, 0.15) is 11.8 Å². The highest BCUT2D eigenvalue weighted by Crippen LogP contribution is 2.28. The summed E-state index contributed by atoms with van der Waals surface area (Å²) < 4.78 is 31.3. The molecular formula is C25H33Cl2N3O5S. The third-order valence-corrected chi connectivity index (χ3v) is 7.54. The molecule has 2 amide bonds. The van der Waals surface area contributed by atoms with Gasteiger partial charge in [-0.25, -0.2) is 8.42 Å². The molecule has 0 saturated heterocycles. The Bertz CT molecular complexity index is 1120. The quantitative estimate of drug-likeness (QED) is 0.391. The van der Waals surface area contributed by atoms with Crippen LogP contribution in [-0.4, -0.2) is 57.6 Å². The number of hydrogen-bond donors (Lipinski definition) is 1. The molecule has 11 heteroatoms. The first-order valence-corrected chi connectivity index (χ1v) is 14.3. The normalized spacial score (nSPS) is 12.1. The zero-order chi connectivity index (χ0) is 26.9. The van der Waals surface area contributed by atoms with Crippen LogP contribution in [0, 0.1) is 0 Å². The van der Waals surface area contributed by atoms with E-state index < -0.39 is 16.1 Å². The van der Waals surface area contributed by atoms with Crippen LogP contribution in [0.2, 0.25) is 10.0 Å². The summed E-state index contributed by atoms with van der Waals surface area (Å²) in [6.07, 6.45) is 1.78. The van der Waals surface area contributed by atoms with E-state index in [9.17, 15) is 18.0 Å². The number of carbonyl (C=O) groups is 2. The Morgan fingerprint density at radius 3 is 2.17 bits per heavy atom. The molecule has 1 atom stereocenters. The number of hydrogen-bond acceptors (Lipinski definition) is 5. The largest absolute Gasteiger partial charge is 0.497 e. The number of sulfonamides is 1. The topological polar surface area (TPSA) is 96.0 Å². The number of anilines is 1. The first-order valence-electron chi connectivity index (χ1n) is 11.6. The lowest BCUT2D eigenvalue weighted by Gasteiger charge is -2.31. The van der Waals surface area contributed by atoms with Crippen LogP contribution in [0.25, 0.3) is 0 Å². The van der Waals surface area contributed by atoms with Gasteiger partial charge in [0.15, 0.2) is 0 Å². The number of methoxy groups -OCH3 is 1. The molecule has 36 heavy (non-hydrogen) atoms. The van der Waals surface area contributed by atoms with Gasteiger partial charge in [-0.2, -0.15) is 0 Å². The van der Waals surface area contributed by atoms with Crippen molar-refractivity contribution >= 4 is 50.7 Å². The van der Waals surface area contributed by atoms with E-state index in [0.717, 1.165) is 6.26 Å². The minimum atomic E-state index is -3.59. The van der Waals surface area contributed by atoms with E-state index >= 15 is 0 Å². The van der Waals surface area contributed by atoms with Gasteiger partial charge >= 0.3 is 0 Å². The maximum atomic E-state index is 13.4. The first-order chi connectivity index (χ1) is 17.0. The monoisotopic (exact) mass is 557 g/mol. The predicted molar refractivity (Wildman–Crippen MR) is 144 cm³/mol. The molecule has 198 valence electrons. The Labute approximate surface area is 223 Å². The third kappa shape index (κ3) is 8.01. The molecule has 0 unspecified atom stereocenters. The van der Waals surface area contributed by atoms with Crippen molar-refractivity contribution in [1.82, 2.24) is 10.2 Å². The Kier molecular flexibility index (Phi) is 11.3. The van der Waals surface area contributed by atoms with Crippen LogP contribution in [0.3, 0.4) is 0 Å². The van der Waals surface area contributed by atoms with E-state index in [2.05, 4.69) is 5.32 Å². The molecule has 0 radical (unpaired) electrons. The summed E-state index contributed by atoms with van der Waals surface area (Å²) in [4.78, 5) is 27.6. The number of amides is 2. The second-order valence-corrected chi connectivity index (χ2v) is 10.9. The zero-order valence-electron chi connectivity index (χ0n) is 21.0. The molecule has 0 aliphatic carbocycles. The highest BCUT2D eigenvalue weighted by molar-refractivity contribution is 7.92. The minimum absolute atomic E-state index is 0.0279. The summed E-state index contributed by atoms with van der Waals surface area (Å²) in [5, 5.41) is 3.57. The van der Waals surface area contributed by atoms with Crippen molar-refractivity contribution in [3.8, 4) is 5.75 Å². The molecule has 0 saturated carbocycles. The maximum Gasteiger partial charge on any atom is 0.242 e. The first kappa shape index (κ1) is 29.7. The van der Waals surface area contributed by atoms with Crippen LogP contribution in [0.15, 0.2) is 42.5 Å². The van der Waals surface area contributed by atoms with Gasteiger partial charge in [0.2, 0.25) is 21.8 Å². The SMILES string of the molecule is CCNC(=O)[C@H](CC)N(Cc1c(Cl)cccc1Cl)C(=O)CCCN(c1ccc(OC)cc1)S(C)(=O)=O. The standard InChI is InChI=1S/C25H33Cl2N3O5S/c1-5-23(25(32)28-6-2)29(17-20-21(26)9-7-10-22(20)27)24(31)11-8-16-30(36(4,33)34)18-12-14-19(35-3)15-13-18/h7,9-10,12-15,23H,5-6,8,11,16-17H2,1-4H3,(H,28,32)/t23-/m0/s1. The highest BCUT2D eigenvalue weighted by atomic mass is 35.5. The fourth-order valence-corrected chi connectivity index (χ4v) is 5.30. The van der Waals surface area contributed by atoms with Gasteiger partial charge in [-0.1, -0.05) is 36.2 Å². The smallest absolute Gasteiger partial charge is 0.242 e. The van der Waals surface area contributed by atoms with Crippen LogP contribution in [0.4, 0.5) is 5.69 Å². The number of nitrogens with zero attached hydrogens (tertiary/aromatic N) is 2. The number of benzene rings is 2. The molecule has 0 fully saturated rings. The number of carbonyl (C=O) groups excluding carboxylic acids is 2. The summed E-state index contributed by atoms with van der Waals surface area (Å²) in [5.41, 5.74) is 1.02. The molecule has 0 heterocycles. The molecule has 2 aromatic carbocycles. The van der Waals surface area contributed by atoms with Crippen molar-refractivity contribution in [1.29, 1.82) is 0 Å². The molecule has 0 aliphatic heterocycles. The van der Waals surface area contributed by atoms with Crippen molar-refractivity contribution in [3.05, 3.63) is 58.1 Å². The Morgan fingerprint density at radius 2 is 1.67 bits per heavy atom. The second-order valence-electron chi connectivity index (χ2n) is 8.18. The average Bonchev–Trinajstić information content (AvgIpc) is 2.83. The van der Waals surface area contributed by atoms with Crippen molar-refractivity contribution in [2.75, 3.05) is 30.8 Å². The van der Waals surface area contributed by atoms with Gasteiger partial charge in [0.05, 0.1) is 19.1 Å². The molecular weight excluding hydrogens is 525 g/mol. The predicted octanol–water partition coefficient (Wildman–Crippen LogP) is 4.49. The average molecular weight is 559 g/mol. The van der Waals surface area contributed by atoms with E-state index in [1.165, 1.54) is 16.3 Å². The van der Waals surface area contributed by atoms with Gasteiger partial charge in [0.25, 0.3) is 0 Å². The second kappa shape index (κ2) is 13.7. The molecule has 0 bridgehead atoms. The molecule has 2 rings (SSSR count). The fraction of sp³-hybridized carbons (Fsp3) is 0.440. The van der Waals surface area contributed by atoms with Crippen molar-refractivity contribution < 1.29 is 22.7 Å². The number of nitrogens with one attached hydrogen (secondary N) is 1. The Balaban J connectivity index is 2.24. The van der Waals surface area contributed by atoms with Crippen molar-refractivity contribution in [2.24, 2.45) is 0 Å². The van der Waals surface area contributed by atoms with Crippen LogP contribution in [0.5, 0.6) is 5.75 Å². The lowest BCUT2D eigenvalue weighted by molar-refractivity contribution is -0.141. The van der Waals surface area contributed by atoms with E-state index in [-0.39, 0.29) is 37.7 Å². The van der Waals surface area contributed by atoms with E-state index in [1.54, 1.807) is 49.4 Å². The maximum absolute atomic E-state index is 13.4. The van der Waals surface area contributed by atoms with E-state index in [1.807, 2.05) is 6.92 Å². The van der Waals surface area contributed by atoms with E-state index in [4.69, 9.17) is 27.9 Å². The lowest BCUT2D eigenvalue weighted by atomic mass is 10.1. The molecule has 0 aliphatic rings. The van der Waals surface area contributed by atoms with Crippen molar-refractivity contribution in [3.63, 3.8) is 0 Å². The lowest BCUT2D eigenvalue weighted by Crippen LogP contribution is -2.49. The Morgan fingerprint density at radius 1 is 1.06 bits per heavy atom. The zero-order valence-corrected chi connectivity index (χ0v) is 23.3. The highest BCUT2D eigenvalue weighted by Gasteiger charge is 2.29. The van der Waals surface area contributed by atoms with E-state index in [0.29, 0.717) is 40.0 Å². The minimum Gasteiger partial charge on any atom is -0.497 e. The molecule has 0 aromatic heterocycles. The number of halogens is 2. The number of rotatable bonds is 13.